The molecule has 0 spiro atoms. The molecule has 0 bridgehead atoms. The summed E-state index contributed by atoms with van der Waals surface area (Å²) >= 11 is 0. The number of hydrogen-bond acceptors (Lipinski definition) is 6. The molecule has 0 saturated carbocycles. The van der Waals surface area contributed by atoms with Gasteiger partial charge in [0.2, 0.25) is 0 Å². The largest absolute Gasteiger partial charge is 0.367 e. The van der Waals surface area contributed by atoms with E-state index in [0.717, 1.165) is 49.0 Å². The molecule has 1 saturated heterocycles. The van der Waals surface area contributed by atoms with Crippen molar-refractivity contribution in [3.05, 3.63) is 53.5 Å². The maximum Gasteiger partial charge on any atom is 0.171 e. The van der Waals surface area contributed by atoms with Gasteiger partial charge in [-0.1, -0.05) is 0 Å². The van der Waals surface area contributed by atoms with Crippen LogP contribution in [-0.4, -0.2) is 52.1 Å². The summed E-state index contributed by atoms with van der Waals surface area (Å²) in [5.74, 6) is -0.738. The predicted octanol–water partition coefficient (Wildman–Crippen LogP) is 2.82. The first-order chi connectivity index (χ1) is 16.0. The Balaban J connectivity index is 1.44. The van der Waals surface area contributed by atoms with E-state index in [0.29, 0.717) is 24.5 Å². The average molecular weight is 448 g/mol. The molecule has 1 N–H and O–H groups in total. The van der Waals surface area contributed by atoms with Gasteiger partial charge < -0.3 is 15.1 Å². The molecule has 168 valence electrons. The van der Waals surface area contributed by atoms with E-state index in [4.69, 9.17) is 5.10 Å². The van der Waals surface area contributed by atoms with Crippen LogP contribution in [-0.2, 0) is 6.54 Å². The summed E-state index contributed by atoms with van der Waals surface area (Å²) < 4.78 is 33.1. The molecule has 2 aliphatic heterocycles. The van der Waals surface area contributed by atoms with Crippen molar-refractivity contribution in [2.24, 2.45) is 0 Å². The molecule has 1 fully saturated rings. The van der Waals surface area contributed by atoms with Gasteiger partial charge in [0.05, 0.1) is 41.4 Å². The molecule has 1 atom stereocenters. The lowest BCUT2D eigenvalue weighted by molar-refractivity contribution is 0.430. The summed E-state index contributed by atoms with van der Waals surface area (Å²) in [5, 5.41) is 22.2. The van der Waals surface area contributed by atoms with Crippen LogP contribution in [0.25, 0.3) is 16.4 Å². The number of fused-ring (bicyclic) bond motifs is 4. The van der Waals surface area contributed by atoms with E-state index in [9.17, 15) is 9.65 Å². The van der Waals surface area contributed by atoms with Gasteiger partial charge in [-0.3, -0.25) is 4.68 Å². The number of benzene rings is 1. The number of pyridine rings is 1. The minimum Gasteiger partial charge on any atom is -0.367 e. The smallest absolute Gasteiger partial charge is 0.171 e. The highest BCUT2D eigenvalue weighted by Crippen LogP contribution is 2.35. The van der Waals surface area contributed by atoms with Crippen molar-refractivity contribution in [3.63, 3.8) is 0 Å². The number of hydrogen-bond donors (Lipinski definition) is 1. The van der Waals surface area contributed by atoms with Crippen LogP contribution in [0.15, 0.2) is 30.5 Å². The second kappa shape index (κ2) is 7.42. The van der Waals surface area contributed by atoms with Crippen LogP contribution in [0.3, 0.4) is 0 Å². The van der Waals surface area contributed by atoms with Crippen LogP contribution >= 0.6 is 0 Å². The number of nitrogens with zero attached hydrogens (tertiary/aromatic N) is 7. The Bertz CT molecular complexity index is 1430. The van der Waals surface area contributed by atoms with Crippen LogP contribution in [0.1, 0.15) is 24.4 Å². The first-order valence-electron chi connectivity index (χ1n) is 11.0. The number of aromatic nitrogens is 4. The fourth-order valence-corrected chi connectivity index (χ4v) is 5.05. The topological polar surface area (TPSA) is 77.4 Å². The van der Waals surface area contributed by atoms with Crippen molar-refractivity contribution in [3.8, 4) is 6.07 Å². The number of halogens is 2. The zero-order valence-corrected chi connectivity index (χ0v) is 18.1. The van der Waals surface area contributed by atoms with E-state index < -0.39 is 5.82 Å². The van der Waals surface area contributed by atoms with E-state index in [1.54, 1.807) is 18.2 Å². The number of rotatable bonds is 2. The molecule has 3 aromatic heterocycles. The van der Waals surface area contributed by atoms with Gasteiger partial charge in [0.15, 0.2) is 5.82 Å². The third-order valence-electron chi connectivity index (χ3n) is 6.62. The zero-order chi connectivity index (χ0) is 22.7. The Hall–Kier alpha value is -3.71. The molecule has 0 amide bonds. The monoisotopic (exact) mass is 448 g/mol. The van der Waals surface area contributed by atoms with Gasteiger partial charge in [-0.15, -0.1) is 0 Å². The summed E-state index contributed by atoms with van der Waals surface area (Å²) in [5.41, 5.74) is 3.41. The molecule has 5 heterocycles. The molecule has 0 aliphatic carbocycles. The molecule has 2 aliphatic rings. The summed E-state index contributed by atoms with van der Waals surface area (Å²) in [6, 6.07) is 8.86. The van der Waals surface area contributed by atoms with Crippen molar-refractivity contribution in [2.75, 3.05) is 42.5 Å². The Morgan fingerprint density at radius 1 is 1.09 bits per heavy atom. The molecule has 4 aromatic rings. The van der Waals surface area contributed by atoms with Crippen LogP contribution < -0.4 is 15.1 Å². The van der Waals surface area contributed by atoms with Gasteiger partial charge in [-0.05, 0) is 31.2 Å². The summed E-state index contributed by atoms with van der Waals surface area (Å²) in [6.07, 6.45) is 1.12. The Morgan fingerprint density at radius 3 is 2.70 bits per heavy atom. The molecule has 0 radical (unpaired) electrons. The highest BCUT2D eigenvalue weighted by Gasteiger charge is 2.29. The van der Waals surface area contributed by atoms with Crippen molar-refractivity contribution >= 4 is 27.8 Å². The van der Waals surface area contributed by atoms with Crippen molar-refractivity contribution in [1.29, 1.82) is 5.26 Å². The molecule has 10 heteroatoms. The van der Waals surface area contributed by atoms with Gasteiger partial charge >= 0.3 is 0 Å². The summed E-state index contributed by atoms with van der Waals surface area (Å²) in [6.45, 7) is 6.25. The van der Waals surface area contributed by atoms with Gasteiger partial charge in [0.1, 0.15) is 23.1 Å². The van der Waals surface area contributed by atoms with Crippen molar-refractivity contribution in [2.45, 2.75) is 19.5 Å². The number of anilines is 2. The van der Waals surface area contributed by atoms with Gasteiger partial charge in [0, 0.05) is 38.1 Å². The van der Waals surface area contributed by atoms with Crippen LogP contribution in [0.4, 0.5) is 20.2 Å². The van der Waals surface area contributed by atoms with Gasteiger partial charge in [-0.2, -0.15) is 15.5 Å². The van der Waals surface area contributed by atoms with Crippen LogP contribution in [0.5, 0.6) is 0 Å². The molecular formula is C23H22F2N8. The van der Waals surface area contributed by atoms with Crippen molar-refractivity contribution in [1.82, 2.24) is 24.7 Å². The maximum atomic E-state index is 15.2. The van der Waals surface area contributed by atoms with E-state index in [1.165, 1.54) is 4.52 Å². The average Bonchev–Trinajstić information content (AvgIpc) is 3.39. The van der Waals surface area contributed by atoms with E-state index in [-0.39, 0.29) is 23.1 Å². The second-order valence-corrected chi connectivity index (χ2v) is 8.65. The molecule has 8 nitrogen and oxygen atoms in total. The number of piperazine rings is 1. The first-order valence-corrected chi connectivity index (χ1v) is 11.0. The van der Waals surface area contributed by atoms with Crippen LogP contribution in [0, 0.1) is 23.0 Å². The predicted molar refractivity (Wildman–Crippen MR) is 120 cm³/mol. The molecule has 6 rings (SSSR count). The molecule has 1 aromatic carbocycles. The molecular weight excluding hydrogens is 426 g/mol. The third-order valence-corrected chi connectivity index (χ3v) is 6.62. The fraction of sp³-hybridized carbons (Fsp3) is 0.348. The minimum absolute atomic E-state index is 0.00600. The molecule has 33 heavy (non-hydrogen) atoms. The quantitative estimate of drug-likeness (QED) is 0.508. The zero-order valence-electron chi connectivity index (χ0n) is 18.1. The minimum atomic E-state index is -0.481. The Kier molecular flexibility index (Phi) is 4.48. The highest BCUT2D eigenvalue weighted by atomic mass is 19.1. The van der Waals surface area contributed by atoms with Crippen LogP contribution in [0.2, 0.25) is 0 Å². The maximum absolute atomic E-state index is 15.2. The first kappa shape index (κ1) is 19.9. The number of nitriles is 1. The standard InChI is InChI=1S/C23H22F2N8/c1-14-12-31(20-3-2-15(10-26)33-23(20)18(25)11-28-33)13-22-16-8-17(24)21(9-19(16)29-32(14)22)30-6-4-27-5-7-30/h2-3,8-9,11,14,27H,4-7,12-13H2,1H3/t14-/m1/s1. The lowest BCUT2D eigenvalue weighted by Crippen LogP contribution is -2.43. The number of nitrogens with one attached hydrogen (secondary N) is 1. The lowest BCUT2D eigenvalue weighted by atomic mass is 10.1. The van der Waals surface area contributed by atoms with E-state index >= 15 is 4.39 Å². The van der Waals surface area contributed by atoms with E-state index in [1.807, 2.05) is 28.6 Å². The van der Waals surface area contributed by atoms with E-state index in [2.05, 4.69) is 15.3 Å². The van der Waals surface area contributed by atoms with Gasteiger partial charge in [-0.25, -0.2) is 13.3 Å². The normalized spacial score (nSPS) is 18.7. The molecule has 0 unspecified atom stereocenters. The lowest BCUT2D eigenvalue weighted by Gasteiger charge is -2.34. The highest BCUT2D eigenvalue weighted by molar-refractivity contribution is 5.86. The second-order valence-electron chi connectivity index (χ2n) is 8.65. The summed E-state index contributed by atoms with van der Waals surface area (Å²) in [7, 11) is 0. The fourth-order valence-electron chi connectivity index (χ4n) is 5.05. The Morgan fingerprint density at radius 2 is 1.91 bits per heavy atom. The van der Waals surface area contributed by atoms with Crippen molar-refractivity contribution < 1.29 is 8.78 Å². The third kappa shape index (κ3) is 3.03. The Labute approximate surface area is 188 Å². The SMILES string of the molecule is C[C@@H]1CN(c2ccc(C#N)n3ncc(F)c23)Cc2c3cc(F)c(N4CCNCC4)cc3nn21. The summed E-state index contributed by atoms with van der Waals surface area (Å²) in [4.78, 5) is 4.10. The van der Waals surface area contributed by atoms with Gasteiger partial charge in [0.25, 0.3) is 0 Å².